The summed E-state index contributed by atoms with van der Waals surface area (Å²) in [6, 6.07) is 0.528. The predicted octanol–water partition coefficient (Wildman–Crippen LogP) is 3.90. The molecule has 2 nitrogen and oxygen atoms in total. The van der Waals surface area contributed by atoms with Crippen molar-refractivity contribution in [3.8, 4) is 0 Å². The topological polar surface area (TPSA) is 20.3 Å². The van der Waals surface area contributed by atoms with E-state index in [4.69, 9.17) is 0 Å². The summed E-state index contributed by atoms with van der Waals surface area (Å²) in [6.45, 7) is 5.09. The van der Waals surface area contributed by atoms with E-state index in [0.29, 0.717) is 11.3 Å². The molecular weight excluding hydrogens is 206 g/mol. The van der Waals surface area contributed by atoms with Crippen LogP contribution in [0.5, 0.6) is 0 Å². The Morgan fingerprint density at radius 2 is 1.93 bits per heavy atom. The van der Waals surface area contributed by atoms with E-state index in [1.165, 1.54) is 43.9 Å². The number of nitrogens with zero attached hydrogens (tertiary/aromatic N) is 1. The fourth-order valence-electron chi connectivity index (χ4n) is 2.20. The lowest BCUT2D eigenvalue weighted by Crippen LogP contribution is -2.39. The minimum absolute atomic E-state index is 0.297. The smallest absolute Gasteiger partial charge is 0.281 e. The first-order chi connectivity index (χ1) is 7.29. The standard InChI is InChI=1S/C12H23NOS/c1-3-10-15-12(14)13(4-2)11-8-6-5-7-9-11/h11H,3-10H2,1-2H3. The fraction of sp³-hybridized carbons (Fsp3) is 0.917. The van der Waals surface area contributed by atoms with E-state index in [-0.39, 0.29) is 0 Å². The predicted molar refractivity (Wildman–Crippen MR) is 67.4 cm³/mol. The van der Waals surface area contributed by atoms with E-state index in [1.54, 1.807) is 0 Å². The van der Waals surface area contributed by atoms with Gasteiger partial charge in [-0.25, -0.2) is 0 Å². The number of rotatable bonds is 4. The van der Waals surface area contributed by atoms with Crippen LogP contribution in [0.2, 0.25) is 0 Å². The molecule has 0 bridgehead atoms. The summed E-state index contributed by atoms with van der Waals surface area (Å²) in [5, 5.41) is 0.297. The molecule has 0 radical (unpaired) electrons. The zero-order valence-corrected chi connectivity index (χ0v) is 10.8. The van der Waals surface area contributed by atoms with Crippen molar-refractivity contribution in [2.45, 2.75) is 58.4 Å². The minimum Gasteiger partial charge on any atom is -0.331 e. The molecule has 1 saturated carbocycles. The zero-order valence-electron chi connectivity index (χ0n) is 10.00. The monoisotopic (exact) mass is 229 g/mol. The zero-order chi connectivity index (χ0) is 11.1. The normalized spacial score (nSPS) is 17.7. The molecule has 3 heteroatoms. The number of carbonyl (C=O) groups is 1. The van der Waals surface area contributed by atoms with Crippen LogP contribution in [0.3, 0.4) is 0 Å². The number of amides is 1. The van der Waals surface area contributed by atoms with Crippen molar-refractivity contribution in [1.82, 2.24) is 4.90 Å². The Balaban J connectivity index is 2.41. The van der Waals surface area contributed by atoms with Crippen molar-refractivity contribution < 1.29 is 4.79 Å². The maximum Gasteiger partial charge on any atom is 0.281 e. The second-order valence-electron chi connectivity index (χ2n) is 4.19. The largest absolute Gasteiger partial charge is 0.331 e. The van der Waals surface area contributed by atoms with Crippen molar-refractivity contribution >= 4 is 17.0 Å². The van der Waals surface area contributed by atoms with Gasteiger partial charge in [0.2, 0.25) is 0 Å². The maximum absolute atomic E-state index is 11.9. The molecule has 0 aromatic heterocycles. The number of hydrogen-bond acceptors (Lipinski definition) is 2. The van der Waals surface area contributed by atoms with Gasteiger partial charge in [0.1, 0.15) is 0 Å². The summed E-state index contributed by atoms with van der Waals surface area (Å²) in [7, 11) is 0. The van der Waals surface area contributed by atoms with Crippen LogP contribution in [0.4, 0.5) is 4.79 Å². The second kappa shape index (κ2) is 7.15. The third-order valence-electron chi connectivity index (χ3n) is 3.02. The van der Waals surface area contributed by atoms with E-state index in [9.17, 15) is 4.79 Å². The highest BCUT2D eigenvalue weighted by atomic mass is 32.2. The summed E-state index contributed by atoms with van der Waals surface area (Å²) in [5.74, 6) is 0.960. The summed E-state index contributed by atoms with van der Waals surface area (Å²) in [6.07, 6.45) is 7.46. The van der Waals surface area contributed by atoms with Crippen LogP contribution < -0.4 is 0 Å². The van der Waals surface area contributed by atoms with E-state index >= 15 is 0 Å². The Morgan fingerprint density at radius 3 is 2.47 bits per heavy atom. The number of thioether (sulfide) groups is 1. The average molecular weight is 229 g/mol. The highest BCUT2D eigenvalue weighted by Gasteiger charge is 2.23. The third-order valence-corrected chi connectivity index (χ3v) is 4.11. The SMILES string of the molecule is CCCSC(=O)N(CC)C1CCCCC1. The second-order valence-corrected chi connectivity index (χ2v) is 5.24. The van der Waals surface area contributed by atoms with Gasteiger partial charge >= 0.3 is 0 Å². The Labute approximate surface area is 97.8 Å². The molecule has 1 aliphatic carbocycles. The number of carbonyl (C=O) groups excluding carboxylic acids is 1. The van der Waals surface area contributed by atoms with Crippen LogP contribution in [-0.2, 0) is 0 Å². The molecule has 1 rings (SSSR count). The summed E-state index contributed by atoms with van der Waals surface area (Å²) < 4.78 is 0. The third kappa shape index (κ3) is 4.06. The van der Waals surface area contributed by atoms with Crippen molar-refractivity contribution in [3.05, 3.63) is 0 Å². The van der Waals surface area contributed by atoms with Crippen LogP contribution in [0.25, 0.3) is 0 Å². The Bertz CT molecular complexity index is 190. The lowest BCUT2D eigenvalue weighted by atomic mass is 9.94. The van der Waals surface area contributed by atoms with E-state index in [0.717, 1.165) is 18.7 Å². The molecule has 1 amide bonds. The molecule has 0 aromatic carbocycles. The first kappa shape index (κ1) is 12.9. The fourth-order valence-corrected chi connectivity index (χ4v) is 3.02. The first-order valence-electron chi connectivity index (χ1n) is 6.23. The average Bonchev–Trinajstić information content (AvgIpc) is 2.29. The molecule has 0 spiro atoms. The molecular formula is C12H23NOS. The quantitative estimate of drug-likeness (QED) is 0.728. The number of hydrogen-bond donors (Lipinski definition) is 0. The molecule has 1 fully saturated rings. The maximum atomic E-state index is 11.9. The van der Waals surface area contributed by atoms with Crippen LogP contribution in [0.15, 0.2) is 0 Å². The van der Waals surface area contributed by atoms with Gasteiger partial charge in [-0.3, -0.25) is 4.79 Å². The highest BCUT2D eigenvalue weighted by Crippen LogP contribution is 2.25. The van der Waals surface area contributed by atoms with Gasteiger partial charge < -0.3 is 4.90 Å². The van der Waals surface area contributed by atoms with Crippen molar-refractivity contribution in [2.75, 3.05) is 12.3 Å². The minimum atomic E-state index is 0.297. The Hall–Kier alpha value is -0.180. The van der Waals surface area contributed by atoms with Gasteiger partial charge in [-0.1, -0.05) is 37.9 Å². The molecule has 1 aliphatic rings. The first-order valence-corrected chi connectivity index (χ1v) is 7.21. The molecule has 0 aliphatic heterocycles. The van der Waals surface area contributed by atoms with Crippen molar-refractivity contribution in [2.24, 2.45) is 0 Å². The molecule has 15 heavy (non-hydrogen) atoms. The molecule has 0 N–H and O–H groups in total. The molecule has 0 aromatic rings. The van der Waals surface area contributed by atoms with Crippen LogP contribution in [0.1, 0.15) is 52.4 Å². The summed E-state index contributed by atoms with van der Waals surface area (Å²) in [4.78, 5) is 14.0. The van der Waals surface area contributed by atoms with E-state index in [2.05, 4.69) is 18.7 Å². The summed E-state index contributed by atoms with van der Waals surface area (Å²) >= 11 is 1.49. The highest BCUT2D eigenvalue weighted by molar-refractivity contribution is 8.13. The Morgan fingerprint density at radius 1 is 1.27 bits per heavy atom. The van der Waals surface area contributed by atoms with Gasteiger partial charge in [-0.05, 0) is 26.2 Å². The molecule has 0 atom stereocenters. The molecule has 88 valence electrons. The van der Waals surface area contributed by atoms with Gasteiger partial charge in [0, 0.05) is 18.3 Å². The van der Waals surface area contributed by atoms with Crippen molar-refractivity contribution in [3.63, 3.8) is 0 Å². The van der Waals surface area contributed by atoms with Gasteiger partial charge in [-0.15, -0.1) is 0 Å². The van der Waals surface area contributed by atoms with Gasteiger partial charge in [0.05, 0.1) is 0 Å². The van der Waals surface area contributed by atoms with E-state index in [1.807, 2.05) is 0 Å². The van der Waals surface area contributed by atoms with Crippen molar-refractivity contribution in [1.29, 1.82) is 0 Å². The summed E-state index contributed by atoms with van der Waals surface area (Å²) in [5.41, 5.74) is 0. The molecule has 0 heterocycles. The van der Waals surface area contributed by atoms with Gasteiger partial charge in [-0.2, -0.15) is 0 Å². The lowest BCUT2D eigenvalue weighted by Gasteiger charge is -2.33. The van der Waals surface area contributed by atoms with Gasteiger partial charge in [0.15, 0.2) is 0 Å². The van der Waals surface area contributed by atoms with Crippen LogP contribution in [0, 0.1) is 0 Å². The van der Waals surface area contributed by atoms with Crippen LogP contribution >= 0.6 is 11.8 Å². The lowest BCUT2D eigenvalue weighted by molar-refractivity contribution is 0.182. The van der Waals surface area contributed by atoms with Gasteiger partial charge in [0.25, 0.3) is 5.24 Å². The van der Waals surface area contributed by atoms with Crippen LogP contribution in [-0.4, -0.2) is 28.5 Å². The molecule has 0 saturated heterocycles. The molecule has 0 unspecified atom stereocenters. The Kier molecular flexibility index (Phi) is 6.15. The van der Waals surface area contributed by atoms with E-state index < -0.39 is 0 Å².